The predicted octanol–water partition coefficient (Wildman–Crippen LogP) is 0.857. The van der Waals surface area contributed by atoms with Gasteiger partial charge in [-0.2, -0.15) is 0 Å². The first-order valence-corrected chi connectivity index (χ1v) is 9.60. The molecule has 1 fully saturated rings. The molecular weight excluding hydrogens is 316 g/mol. The Morgan fingerprint density at radius 1 is 1.39 bits per heavy atom. The fourth-order valence-electron chi connectivity index (χ4n) is 3.09. The van der Waals surface area contributed by atoms with E-state index in [0.717, 1.165) is 11.0 Å². The maximum atomic E-state index is 12.5. The van der Waals surface area contributed by atoms with Crippen molar-refractivity contribution in [3.63, 3.8) is 0 Å². The summed E-state index contributed by atoms with van der Waals surface area (Å²) in [6.07, 6.45) is 0.825. The van der Waals surface area contributed by atoms with E-state index in [1.807, 2.05) is 31.2 Å². The fourth-order valence-corrected chi connectivity index (χ4v) is 4.82. The number of hydrogen-bond donors (Lipinski definition) is 0. The molecule has 1 aliphatic rings. The molecule has 0 N–H and O–H groups in total. The van der Waals surface area contributed by atoms with Crippen molar-refractivity contribution in [1.29, 1.82) is 0 Å². The zero-order valence-corrected chi connectivity index (χ0v) is 13.9. The topological polar surface area (TPSA) is 85.2 Å². The van der Waals surface area contributed by atoms with E-state index < -0.39 is 9.84 Å². The predicted molar refractivity (Wildman–Crippen MR) is 86.6 cm³/mol. The summed E-state index contributed by atoms with van der Waals surface area (Å²) in [6.45, 7) is 2.85. The van der Waals surface area contributed by atoms with E-state index in [4.69, 9.17) is 0 Å². The van der Waals surface area contributed by atoms with Crippen LogP contribution in [0.25, 0.3) is 11.0 Å². The molecule has 1 aliphatic heterocycles. The van der Waals surface area contributed by atoms with Crippen LogP contribution >= 0.6 is 0 Å². The first kappa shape index (κ1) is 15.9. The summed E-state index contributed by atoms with van der Waals surface area (Å²) in [5, 5.41) is 8.14. The van der Waals surface area contributed by atoms with Gasteiger partial charge in [-0.1, -0.05) is 17.3 Å². The van der Waals surface area contributed by atoms with E-state index in [-0.39, 0.29) is 29.9 Å². The molecule has 0 aliphatic carbocycles. The van der Waals surface area contributed by atoms with Gasteiger partial charge in [0.1, 0.15) is 5.52 Å². The molecule has 1 aromatic heterocycles. The standard InChI is InChI=1S/C15H20N4O3S/c1-2-18(12-8-10-23(21,22)11-12)15(20)7-9-19-14-6-4-3-5-13(14)16-17-19/h3-6,12H,2,7-11H2,1H3/t12-/m1/s1. The number of rotatable bonds is 5. The van der Waals surface area contributed by atoms with Gasteiger partial charge in [-0.25, -0.2) is 13.1 Å². The molecule has 2 heterocycles. The first-order chi connectivity index (χ1) is 11.0. The smallest absolute Gasteiger partial charge is 0.224 e. The average Bonchev–Trinajstić information content (AvgIpc) is 3.09. The highest BCUT2D eigenvalue weighted by molar-refractivity contribution is 7.91. The molecule has 2 aromatic rings. The van der Waals surface area contributed by atoms with Crippen molar-refractivity contribution in [3.8, 4) is 0 Å². The van der Waals surface area contributed by atoms with Crippen LogP contribution in [-0.4, -0.2) is 58.3 Å². The van der Waals surface area contributed by atoms with Crippen molar-refractivity contribution in [2.24, 2.45) is 0 Å². The third-order valence-corrected chi connectivity index (χ3v) is 6.02. The number of fused-ring (bicyclic) bond motifs is 1. The lowest BCUT2D eigenvalue weighted by Gasteiger charge is -2.26. The summed E-state index contributed by atoms with van der Waals surface area (Å²) < 4.78 is 24.9. The Labute approximate surface area is 135 Å². The molecule has 7 nitrogen and oxygen atoms in total. The quantitative estimate of drug-likeness (QED) is 0.808. The van der Waals surface area contributed by atoms with Crippen molar-refractivity contribution in [3.05, 3.63) is 24.3 Å². The summed E-state index contributed by atoms with van der Waals surface area (Å²) >= 11 is 0. The molecule has 0 bridgehead atoms. The monoisotopic (exact) mass is 336 g/mol. The van der Waals surface area contributed by atoms with Crippen LogP contribution in [0.5, 0.6) is 0 Å². The molecule has 23 heavy (non-hydrogen) atoms. The molecule has 1 aromatic carbocycles. The number of amides is 1. The molecule has 0 unspecified atom stereocenters. The maximum Gasteiger partial charge on any atom is 0.224 e. The largest absolute Gasteiger partial charge is 0.339 e. The zero-order valence-electron chi connectivity index (χ0n) is 13.1. The van der Waals surface area contributed by atoms with Gasteiger partial charge in [0.2, 0.25) is 5.91 Å². The summed E-state index contributed by atoms with van der Waals surface area (Å²) in [5.74, 6) is 0.225. The normalized spacial score (nSPS) is 20.0. The van der Waals surface area contributed by atoms with E-state index >= 15 is 0 Å². The molecule has 0 spiro atoms. The molecule has 1 atom stereocenters. The number of hydrogen-bond acceptors (Lipinski definition) is 5. The van der Waals surface area contributed by atoms with Gasteiger partial charge in [-0.15, -0.1) is 5.10 Å². The van der Waals surface area contributed by atoms with Crippen LogP contribution in [-0.2, 0) is 21.2 Å². The minimum absolute atomic E-state index is 0.0332. The van der Waals surface area contributed by atoms with E-state index in [1.165, 1.54) is 0 Å². The molecule has 3 rings (SSSR count). The van der Waals surface area contributed by atoms with Gasteiger partial charge < -0.3 is 4.90 Å². The Morgan fingerprint density at radius 2 is 2.17 bits per heavy atom. The van der Waals surface area contributed by atoms with Gasteiger partial charge in [-0.3, -0.25) is 4.79 Å². The third kappa shape index (κ3) is 3.36. The SMILES string of the molecule is CCN(C(=O)CCn1nnc2ccccc21)[C@@H]1CCS(=O)(=O)C1. The van der Waals surface area contributed by atoms with Gasteiger partial charge in [0.15, 0.2) is 9.84 Å². The first-order valence-electron chi connectivity index (χ1n) is 7.78. The Bertz CT molecular complexity index is 815. The third-order valence-electron chi connectivity index (χ3n) is 4.27. The van der Waals surface area contributed by atoms with E-state index in [9.17, 15) is 13.2 Å². The van der Waals surface area contributed by atoms with Gasteiger partial charge in [0.05, 0.1) is 23.6 Å². The summed E-state index contributed by atoms with van der Waals surface area (Å²) in [6, 6.07) is 7.41. The number of nitrogens with zero attached hydrogens (tertiary/aromatic N) is 4. The Balaban J connectivity index is 1.66. The van der Waals surface area contributed by atoms with E-state index in [1.54, 1.807) is 9.58 Å². The van der Waals surface area contributed by atoms with Crippen molar-refractivity contribution < 1.29 is 13.2 Å². The lowest BCUT2D eigenvalue weighted by atomic mass is 10.2. The molecule has 1 saturated heterocycles. The number of benzene rings is 1. The Kier molecular flexibility index (Phi) is 4.34. The van der Waals surface area contributed by atoms with Crippen LogP contribution in [0.4, 0.5) is 0 Å². The number of aryl methyl sites for hydroxylation is 1. The molecule has 8 heteroatoms. The Morgan fingerprint density at radius 3 is 2.87 bits per heavy atom. The van der Waals surface area contributed by atoms with Crippen LogP contribution in [0.2, 0.25) is 0 Å². The van der Waals surface area contributed by atoms with Crippen molar-refractivity contribution in [2.75, 3.05) is 18.1 Å². The second-order valence-corrected chi connectivity index (χ2v) is 8.02. The van der Waals surface area contributed by atoms with Crippen LogP contribution in [0.3, 0.4) is 0 Å². The minimum Gasteiger partial charge on any atom is -0.339 e. The maximum absolute atomic E-state index is 12.5. The van der Waals surface area contributed by atoms with Gasteiger partial charge >= 0.3 is 0 Å². The molecular formula is C15H20N4O3S. The molecule has 1 amide bonds. The van der Waals surface area contributed by atoms with Gasteiger partial charge in [-0.05, 0) is 25.5 Å². The lowest BCUT2D eigenvalue weighted by Crippen LogP contribution is -2.41. The highest BCUT2D eigenvalue weighted by atomic mass is 32.2. The van der Waals surface area contributed by atoms with Crippen molar-refractivity contribution >= 4 is 26.8 Å². The molecule has 0 saturated carbocycles. The minimum atomic E-state index is -2.99. The molecule has 124 valence electrons. The van der Waals surface area contributed by atoms with Crippen LogP contribution in [0.15, 0.2) is 24.3 Å². The van der Waals surface area contributed by atoms with E-state index in [2.05, 4.69) is 10.3 Å². The number of aromatic nitrogens is 3. The zero-order chi connectivity index (χ0) is 16.4. The fraction of sp³-hybridized carbons (Fsp3) is 0.533. The summed E-state index contributed by atoms with van der Waals surface area (Å²) in [7, 11) is -2.99. The second kappa shape index (κ2) is 6.27. The highest BCUT2D eigenvalue weighted by Crippen LogP contribution is 2.19. The number of carbonyl (C=O) groups is 1. The number of carbonyl (C=O) groups excluding carboxylic acids is 1. The lowest BCUT2D eigenvalue weighted by molar-refractivity contribution is -0.133. The van der Waals surface area contributed by atoms with Crippen molar-refractivity contribution in [1.82, 2.24) is 19.9 Å². The van der Waals surface area contributed by atoms with Crippen LogP contribution < -0.4 is 0 Å². The number of sulfone groups is 1. The van der Waals surface area contributed by atoms with Gasteiger partial charge in [0, 0.05) is 19.0 Å². The average molecular weight is 336 g/mol. The number of para-hydroxylation sites is 1. The van der Waals surface area contributed by atoms with E-state index in [0.29, 0.717) is 19.5 Å². The Hall–Kier alpha value is -1.96. The van der Waals surface area contributed by atoms with Crippen LogP contribution in [0, 0.1) is 0 Å². The molecule has 0 radical (unpaired) electrons. The summed E-state index contributed by atoms with van der Waals surface area (Å²) in [4.78, 5) is 14.2. The van der Waals surface area contributed by atoms with Crippen LogP contribution in [0.1, 0.15) is 19.8 Å². The second-order valence-electron chi connectivity index (χ2n) is 5.79. The highest BCUT2D eigenvalue weighted by Gasteiger charge is 2.33. The van der Waals surface area contributed by atoms with Gasteiger partial charge in [0.25, 0.3) is 0 Å². The van der Waals surface area contributed by atoms with Crippen molar-refractivity contribution in [2.45, 2.75) is 32.4 Å². The summed E-state index contributed by atoms with van der Waals surface area (Å²) in [5.41, 5.74) is 1.70.